The van der Waals surface area contributed by atoms with E-state index in [1.54, 1.807) is 0 Å². The zero-order chi connectivity index (χ0) is 8.69. The van der Waals surface area contributed by atoms with Gasteiger partial charge in [0, 0.05) is 19.5 Å². The van der Waals surface area contributed by atoms with Crippen molar-refractivity contribution in [2.75, 3.05) is 13.1 Å². The fourth-order valence-electron chi connectivity index (χ4n) is 1.21. The molecule has 0 bridgehead atoms. The Labute approximate surface area is 67.5 Å². The summed E-state index contributed by atoms with van der Waals surface area (Å²) < 4.78 is 0. The Hall–Kier alpha value is -0.610. The van der Waals surface area contributed by atoms with Crippen molar-refractivity contribution in [3.8, 4) is 0 Å². The van der Waals surface area contributed by atoms with Crippen LogP contribution < -0.4 is 11.7 Å². The van der Waals surface area contributed by atoms with E-state index in [-0.39, 0.29) is 0 Å². The maximum Gasteiger partial charge on any atom is 0.222 e. The molecule has 1 aliphatic heterocycles. The first kappa shape index (κ1) is 10.4. The number of nitrogens with two attached hydrogens (primary N) is 2. The number of amides is 1. The smallest absolute Gasteiger partial charge is 0.222 e. The molecule has 1 heterocycles. The summed E-state index contributed by atoms with van der Waals surface area (Å²) in [6.07, 6.45) is 2.94. The van der Waals surface area contributed by atoms with E-state index in [1.165, 1.54) is 0 Å². The Balaban J connectivity index is 0.000000461. The van der Waals surface area contributed by atoms with Gasteiger partial charge in [-0.2, -0.15) is 0 Å². The SMILES string of the molecule is CCCN1CCCC1=O.NN. The first-order valence-corrected chi connectivity index (χ1v) is 3.95. The highest BCUT2D eigenvalue weighted by molar-refractivity contribution is 5.77. The highest BCUT2D eigenvalue weighted by Crippen LogP contribution is 2.08. The summed E-state index contributed by atoms with van der Waals surface area (Å²) in [5, 5.41) is 0. The molecule has 0 atom stereocenters. The van der Waals surface area contributed by atoms with E-state index in [2.05, 4.69) is 18.6 Å². The molecule has 0 aromatic heterocycles. The van der Waals surface area contributed by atoms with Crippen molar-refractivity contribution < 1.29 is 4.79 Å². The fraction of sp³-hybridized carbons (Fsp3) is 0.857. The zero-order valence-corrected chi connectivity index (χ0v) is 7.05. The standard InChI is InChI=1S/C7H13NO.H4N2/c1-2-5-8-6-3-4-7(8)9;1-2/h2-6H2,1H3;1-2H2. The third kappa shape index (κ3) is 3.34. The summed E-state index contributed by atoms with van der Waals surface area (Å²) in [5.41, 5.74) is 0. The highest BCUT2D eigenvalue weighted by atomic mass is 16.2. The number of hydrogen-bond donors (Lipinski definition) is 2. The van der Waals surface area contributed by atoms with Crippen LogP contribution in [0, 0.1) is 0 Å². The Morgan fingerprint density at radius 1 is 1.55 bits per heavy atom. The van der Waals surface area contributed by atoms with Crippen molar-refractivity contribution in [1.82, 2.24) is 4.90 Å². The number of carbonyl (C=O) groups is 1. The molecule has 1 saturated heterocycles. The molecule has 1 fully saturated rings. The monoisotopic (exact) mass is 159 g/mol. The summed E-state index contributed by atoms with van der Waals surface area (Å²) in [5.74, 6) is 8.34. The van der Waals surface area contributed by atoms with Gasteiger partial charge in [-0.15, -0.1) is 0 Å². The molecule has 1 amide bonds. The molecule has 0 saturated carbocycles. The Morgan fingerprint density at radius 3 is 2.55 bits per heavy atom. The minimum atomic E-state index is 0.344. The number of carbonyl (C=O) groups excluding carboxylic acids is 1. The highest BCUT2D eigenvalue weighted by Gasteiger charge is 2.17. The van der Waals surface area contributed by atoms with Crippen LogP contribution >= 0.6 is 0 Å². The Bertz CT molecular complexity index is 116. The number of nitrogens with zero attached hydrogens (tertiary/aromatic N) is 1. The lowest BCUT2D eigenvalue weighted by molar-refractivity contribution is -0.127. The van der Waals surface area contributed by atoms with Crippen molar-refractivity contribution in [3.63, 3.8) is 0 Å². The third-order valence-electron chi connectivity index (χ3n) is 1.66. The van der Waals surface area contributed by atoms with Gasteiger partial charge < -0.3 is 4.90 Å². The lowest BCUT2D eigenvalue weighted by Crippen LogP contribution is -2.24. The average molecular weight is 159 g/mol. The van der Waals surface area contributed by atoms with E-state index in [4.69, 9.17) is 0 Å². The van der Waals surface area contributed by atoms with Gasteiger partial charge in [0.05, 0.1) is 0 Å². The molecule has 0 unspecified atom stereocenters. The van der Waals surface area contributed by atoms with E-state index >= 15 is 0 Å². The summed E-state index contributed by atoms with van der Waals surface area (Å²) in [7, 11) is 0. The summed E-state index contributed by atoms with van der Waals surface area (Å²) in [6.45, 7) is 4.05. The predicted molar refractivity (Wildman–Crippen MR) is 44.5 cm³/mol. The normalized spacial score (nSPS) is 16.3. The lowest BCUT2D eigenvalue weighted by atomic mass is 10.4. The minimum absolute atomic E-state index is 0.344. The van der Waals surface area contributed by atoms with Gasteiger partial charge in [0.1, 0.15) is 0 Å². The van der Waals surface area contributed by atoms with Crippen LogP contribution in [0.2, 0.25) is 0 Å². The molecule has 0 spiro atoms. The molecule has 0 radical (unpaired) electrons. The second kappa shape index (κ2) is 6.12. The topological polar surface area (TPSA) is 72.3 Å². The average Bonchev–Trinajstić information content (AvgIpc) is 2.42. The van der Waals surface area contributed by atoms with Gasteiger partial charge in [-0.3, -0.25) is 16.5 Å². The van der Waals surface area contributed by atoms with E-state index in [1.807, 2.05) is 4.90 Å². The summed E-state index contributed by atoms with van der Waals surface area (Å²) in [6, 6.07) is 0. The largest absolute Gasteiger partial charge is 0.343 e. The molecule has 4 heteroatoms. The molecule has 4 N–H and O–H groups in total. The minimum Gasteiger partial charge on any atom is -0.343 e. The number of likely N-dealkylation sites (tertiary alicyclic amines) is 1. The molecule has 1 rings (SSSR count). The summed E-state index contributed by atoms with van der Waals surface area (Å²) in [4.78, 5) is 12.8. The van der Waals surface area contributed by atoms with Gasteiger partial charge in [0.15, 0.2) is 0 Å². The first-order chi connectivity index (χ1) is 5.34. The molecular weight excluding hydrogens is 142 g/mol. The van der Waals surface area contributed by atoms with Crippen LogP contribution in [-0.4, -0.2) is 23.9 Å². The predicted octanol–water partition coefficient (Wildman–Crippen LogP) is -0.162. The maximum atomic E-state index is 10.9. The van der Waals surface area contributed by atoms with Crippen molar-refractivity contribution in [2.24, 2.45) is 11.7 Å². The van der Waals surface area contributed by atoms with Gasteiger partial charge in [0.2, 0.25) is 5.91 Å². The van der Waals surface area contributed by atoms with Crippen molar-refractivity contribution >= 4 is 5.91 Å². The molecule has 0 aromatic rings. The van der Waals surface area contributed by atoms with Gasteiger partial charge in [0.25, 0.3) is 0 Å². The number of hydrazine groups is 1. The Kier molecular flexibility index (Phi) is 5.78. The molecule has 66 valence electrons. The first-order valence-electron chi connectivity index (χ1n) is 3.95. The maximum absolute atomic E-state index is 10.9. The molecule has 0 aromatic carbocycles. The van der Waals surface area contributed by atoms with Crippen molar-refractivity contribution in [1.29, 1.82) is 0 Å². The second-order valence-corrected chi connectivity index (χ2v) is 2.48. The van der Waals surface area contributed by atoms with Crippen molar-refractivity contribution in [2.45, 2.75) is 26.2 Å². The van der Waals surface area contributed by atoms with Crippen LogP contribution in [0.5, 0.6) is 0 Å². The van der Waals surface area contributed by atoms with E-state index < -0.39 is 0 Å². The third-order valence-corrected chi connectivity index (χ3v) is 1.66. The van der Waals surface area contributed by atoms with Crippen LogP contribution in [0.3, 0.4) is 0 Å². The zero-order valence-electron chi connectivity index (χ0n) is 7.05. The van der Waals surface area contributed by atoms with Crippen LogP contribution in [0.4, 0.5) is 0 Å². The summed E-state index contributed by atoms with van der Waals surface area (Å²) >= 11 is 0. The molecule has 1 aliphatic rings. The van der Waals surface area contributed by atoms with Gasteiger partial charge in [-0.25, -0.2) is 0 Å². The number of hydrogen-bond acceptors (Lipinski definition) is 3. The van der Waals surface area contributed by atoms with Crippen LogP contribution in [0.25, 0.3) is 0 Å². The van der Waals surface area contributed by atoms with Crippen LogP contribution in [0.1, 0.15) is 26.2 Å². The van der Waals surface area contributed by atoms with Crippen molar-refractivity contribution in [3.05, 3.63) is 0 Å². The molecule has 11 heavy (non-hydrogen) atoms. The Morgan fingerprint density at radius 2 is 2.18 bits per heavy atom. The van der Waals surface area contributed by atoms with Crippen LogP contribution in [0.15, 0.2) is 0 Å². The molecular formula is C7H17N3O. The van der Waals surface area contributed by atoms with Gasteiger partial charge in [-0.05, 0) is 12.8 Å². The second-order valence-electron chi connectivity index (χ2n) is 2.48. The quantitative estimate of drug-likeness (QED) is 0.434. The van der Waals surface area contributed by atoms with E-state index in [0.29, 0.717) is 5.91 Å². The number of rotatable bonds is 2. The van der Waals surface area contributed by atoms with E-state index in [0.717, 1.165) is 32.4 Å². The van der Waals surface area contributed by atoms with E-state index in [9.17, 15) is 4.79 Å². The van der Waals surface area contributed by atoms with Crippen LogP contribution in [-0.2, 0) is 4.79 Å². The van der Waals surface area contributed by atoms with Gasteiger partial charge >= 0.3 is 0 Å². The lowest BCUT2D eigenvalue weighted by Gasteiger charge is -2.12. The molecule has 4 nitrogen and oxygen atoms in total. The fourth-order valence-corrected chi connectivity index (χ4v) is 1.21. The molecule has 0 aliphatic carbocycles. The van der Waals surface area contributed by atoms with Gasteiger partial charge in [-0.1, -0.05) is 6.92 Å².